The number of nitrogens with one attached hydrogen (secondary N) is 1. The van der Waals surface area contributed by atoms with Crippen LogP contribution in [0.5, 0.6) is 5.75 Å². The SMILES string of the molecule is OC1(CNCc2cc(Br)ccc2OC(F)F)CCOC1. The lowest BCUT2D eigenvalue weighted by atomic mass is 10.0. The molecular formula is C13H16BrF2NO3. The van der Waals surface area contributed by atoms with Gasteiger partial charge in [-0.2, -0.15) is 8.78 Å². The molecule has 0 aromatic heterocycles. The molecule has 2 N–H and O–H groups in total. The van der Waals surface area contributed by atoms with Crippen molar-refractivity contribution in [3.8, 4) is 5.75 Å². The zero-order valence-electron chi connectivity index (χ0n) is 10.7. The molecule has 1 unspecified atom stereocenters. The van der Waals surface area contributed by atoms with E-state index in [1.165, 1.54) is 6.07 Å². The molecule has 2 rings (SSSR count). The summed E-state index contributed by atoms with van der Waals surface area (Å²) in [6.07, 6.45) is 0.568. The number of hydrogen-bond acceptors (Lipinski definition) is 4. The Labute approximate surface area is 124 Å². The van der Waals surface area contributed by atoms with E-state index in [-0.39, 0.29) is 5.75 Å². The lowest BCUT2D eigenvalue weighted by Gasteiger charge is -2.21. The molecule has 1 saturated heterocycles. The molecule has 0 radical (unpaired) electrons. The highest BCUT2D eigenvalue weighted by atomic mass is 79.9. The van der Waals surface area contributed by atoms with Gasteiger partial charge in [0, 0.05) is 36.2 Å². The molecule has 0 aliphatic carbocycles. The Morgan fingerprint density at radius 1 is 1.50 bits per heavy atom. The van der Waals surface area contributed by atoms with Crippen molar-refractivity contribution in [3.05, 3.63) is 28.2 Å². The summed E-state index contributed by atoms with van der Waals surface area (Å²) >= 11 is 3.29. The zero-order valence-corrected chi connectivity index (χ0v) is 12.3. The number of aliphatic hydroxyl groups is 1. The summed E-state index contributed by atoms with van der Waals surface area (Å²) in [5.74, 6) is 0.130. The van der Waals surface area contributed by atoms with Crippen molar-refractivity contribution in [2.45, 2.75) is 25.2 Å². The molecule has 1 aliphatic heterocycles. The van der Waals surface area contributed by atoms with E-state index in [2.05, 4.69) is 26.0 Å². The molecule has 0 saturated carbocycles. The minimum atomic E-state index is -2.86. The molecule has 1 fully saturated rings. The van der Waals surface area contributed by atoms with E-state index in [9.17, 15) is 13.9 Å². The summed E-state index contributed by atoms with van der Waals surface area (Å²) in [4.78, 5) is 0. The fourth-order valence-corrected chi connectivity index (χ4v) is 2.47. The minimum Gasteiger partial charge on any atom is -0.434 e. The van der Waals surface area contributed by atoms with E-state index in [1.54, 1.807) is 12.1 Å². The Kier molecular flexibility index (Phi) is 5.31. The van der Waals surface area contributed by atoms with E-state index in [4.69, 9.17) is 4.74 Å². The van der Waals surface area contributed by atoms with E-state index in [0.29, 0.717) is 38.3 Å². The van der Waals surface area contributed by atoms with Crippen molar-refractivity contribution in [3.63, 3.8) is 0 Å². The topological polar surface area (TPSA) is 50.7 Å². The van der Waals surface area contributed by atoms with E-state index >= 15 is 0 Å². The number of rotatable bonds is 6. The second-order valence-corrected chi connectivity index (χ2v) is 5.68. The summed E-state index contributed by atoms with van der Waals surface area (Å²) in [6.45, 7) is -1.37. The highest BCUT2D eigenvalue weighted by Crippen LogP contribution is 2.25. The van der Waals surface area contributed by atoms with Gasteiger partial charge in [0.25, 0.3) is 0 Å². The molecule has 1 aromatic rings. The summed E-state index contributed by atoms with van der Waals surface area (Å²) < 4.78 is 35.0. The van der Waals surface area contributed by atoms with Crippen molar-refractivity contribution in [1.29, 1.82) is 0 Å². The van der Waals surface area contributed by atoms with Gasteiger partial charge in [-0.05, 0) is 18.2 Å². The van der Waals surface area contributed by atoms with Crippen LogP contribution in [0, 0.1) is 0 Å². The number of ether oxygens (including phenoxy) is 2. The molecule has 4 nitrogen and oxygen atoms in total. The maximum Gasteiger partial charge on any atom is 0.387 e. The van der Waals surface area contributed by atoms with Gasteiger partial charge < -0.3 is 19.9 Å². The highest BCUT2D eigenvalue weighted by molar-refractivity contribution is 9.10. The predicted octanol–water partition coefficient (Wildman–Crippen LogP) is 2.29. The molecule has 0 bridgehead atoms. The van der Waals surface area contributed by atoms with Gasteiger partial charge in [-0.3, -0.25) is 0 Å². The Bertz CT molecular complexity index is 453. The maximum atomic E-state index is 12.3. The first-order valence-electron chi connectivity index (χ1n) is 6.23. The van der Waals surface area contributed by atoms with Gasteiger partial charge >= 0.3 is 6.61 Å². The lowest BCUT2D eigenvalue weighted by Crippen LogP contribution is -2.40. The van der Waals surface area contributed by atoms with Crippen LogP contribution < -0.4 is 10.1 Å². The third kappa shape index (κ3) is 4.37. The monoisotopic (exact) mass is 351 g/mol. The Hall–Kier alpha value is -0.760. The molecule has 7 heteroatoms. The van der Waals surface area contributed by atoms with Gasteiger partial charge in [-0.1, -0.05) is 15.9 Å². The average Bonchev–Trinajstić information content (AvgIpc) is 2.79. The van der Waals surface area contributed by atoms with Crippen LogP contribution >= 0.6 is 15.9 Å². The molecule has 112 valence electrons. The first kappa shape index (κ1) is 15.6. The summed E-state index contributed by atoms with van der Waals surface area (Å²) in [5.41, 5.74) is -0.280. The second kappa shape index (κ2) is 6.80. The number of hydrogen-bond donors (Lipinski definition) is 2. The normalized spacial score (nSPS) is 22.4. The Balaban J connectivity index is 1.95. The van der Waals surface area contributed by atoms with Crippen molar-refractivity contribution < 1.29 is 23.4 Å². The summed E-state index contributed by atoms with van der Waals surface area (Å²) in [5, 5.41) is 13.1. The third-order valence-corrected chi connectivity index (χ3v) is 3.58. The Morgan fingerprint density at radius 3 is 2.95 bits per heavy atom. The van der Waals surface area contributed by atoms with Crippen LogP contribution in [-0.2, 0) is 11.3 Å². The van der Waals surface area contributed by atoms with Gasteiger partial charge in [-0.15, -0.1) is 0 Å². The summed E-state index contributed by atoms with van der Waals surface area (Å²) in [7, 11) is 0. The van der Waals surface area contributed by atoms with Crippen LogP contribution in [-0.4, -0.2) is 37.1 Å². The van der Waals surface area contributed by atoms with Crippen LogP contribution in [0.1, 0.15) is 12.0 Å². The standard InChI is InChI=1S/C13H16BrF2NO3/c14-10-1-2-11(20-12(15)16)9(5-10)6-17-7-13(18)3-4-19-8-13/h1-2,5,12,17-18H,3-4,6-8H2. The van der Waals surface area contributed by atoms with Crippen molar-refractivity contribution in [2.24, 2.45) is 0 Å². The quantitative estimate of drug-likeness (QED) is 0.825. The molecular weight excluding hydrogens is 336 g/mol. The maximum absolute atomic E-state index is 12.3. The van der Waals surface area contributed by atoms with Gasteiger partial charge in [0.15, 0.2) is 0 Å². The lowest BCUT2D eigenvalue weighted by molar-refractivity contribution is -0.0505. The van der Waals surface area contributed by atoms with Crippen LogP contribution in [0.4, 0.5) is 8.78 Å². The summed E-state index contributed by atoms with van der Waals surface area (Å²) in [6, 6.07) is 4.83. The minimum absolute atomic E-state index is 0.130. The smallest absolute Gasteiger partial charge is 0.387 e. The molecule has 1 heterocycles. The largest absolute Gasteiger partial charge is 0.434 e. The first-order valence-corrected chi connectivity index (χ1v) is 7.02. The predicted molar refractivity (Wildman–Crippen MR) is 72.9 cm³/mol. The van der Waals surface area contributed by atoms with Crippen molar-refractivity contribution in [2.75, 3.05) is 19.8 Å². The van der Waals surface area contributed by atoms with Crippen LogP contribution in [0.3, 0.4) is 0 Å². The molecule has 20 heavy (non-hydrogen) atoms. The van der Waals surface area contributed by atoms with Gasteiger partial charge in [0.05, 0.1) is 6.61 Å². The van der Waals surface area contributed by atoms with Crippen molar-refractivity contribution >= 4 is 15.9 Å². The van der Waals surface area contributed by atoms with Crippen LogP contribution in [0.15, 0.2) is 22.7 Å². The van der Waals surface area contributed by atoms with E-state index in [1.807, 2.05) is 0 Å². The second-order valence-electron chi connectivity index (χ2n) is 4.76. The van der Waals surface area contributed by atoms with E-state index in [0.717, 1.165) is 4.47 Å². The first-order chi connectivity index (χ1) is 9.48. The molecule has 1 atom stereocenters. The third-order valence-electron chi connectivity index (χ3n) is 3.09. The number of halogens is 3. The molecule has 0 spiro atoms. The van der Waals surface area contributed by atoms with Gasteiger partial charge in [0.2, 0.25) is 0 Å². The molecule has 0 amide bonds. The zero-order chi connectivity index (χ0) is 14.6. The van der Waals surface area contributed by atoms with Gasteiger partial charge in [0.1, 0.15) is 11.4 Å². The molecule has 1 aliphatic rings. The fourth-order valence-electron chi connectivity index (χ4n) is 2.06. The van der Waals surface area contributed by atoms with Crippen molar-refractivity contribution in [1.82, 2.24) is 5.32 Å². The highest BCUT2D eigenvalue weighted by Gasteiger charge is 2.31. The van der Waals surface area contributed by atoms with E-state index < -0.39 is 12.2 Å². The molecule has 1 aromatic carbocycles. The fraction of sp³-hybridized carbons (Fsp3) is 0.538. The van der Waals surface area contributed by atoms with Crippen LogP contribution in [0.2, 0.25) is 0 Å². The Morgan fingerprint density at radius 2 is 2.30 bits per heavy atom. The number of alkyl halides is 2. The van der Waals surface area contributed by atoms with Crippen LogP contribution in [0.25, 0.3) is 0 Å². The number of benzene rings is 1. The van der Waals surface area contributed by atoms with Gasteiger partial charge in [-0.25, -0.2) is 0 Å². The average molecular weight is 352 g/mol.